The van der Waals surface area contributed by atoms with Crippen LogP contribution in [0.15, 0.2) is 65.6 Å². The number of hydrogen-bond acceptors (Lipinski definition) is 4. The summed E-state index contributed by atoms with van der Waals surface area (Å²) in [6, 6.07) is 18.0. The quantitative estimate of drug-likeness (QED) is 0.525. The molecule has 3 aromatic carbocycles. The van der Waals surface area contributed by atoms with Gasteiger partial charge >= 0.3 is 0 Å². The normalized spacial score (nSPS) is 10.6. The van der Waals surface area contributed by atoms with Gasteiger partial charge in [-0.15, -0.1) is 11.8 Å². The van der Waals surface area contributed by atoms with E-state index in [1.807, 2.05) is 24.3 Å². The lowest BCUT2D eigenvalue weighted by Crippen LogP contribution is -2.12. The van der Waals surface area contributed by atoms with E-state index < -0.39 is 0 Å². The van der Waals surface area contributed by atoms with E-state index in [2.05, 4.69) is 5.32 Å². The summed E-state index contributed by atoms with van der Waals surface area (Å²) in [4.78, 5) is 24.3. The Labute approximate surface area is 149 Å². The summed E-state index contributed by atoms with van der Waals surface area (Å²) in [5.41, 5.74) is 1.16. The number of thioether (sulfide) groups is 1. The van der Waals surface area contributed by atoms with E-state index in [-0.39, 0.29) is 23.2 Å². The molecule has 0 bridgehead atoms. The maximum atomic E-state index is 12.5. The van der Waals surface area contributed by atoms with Gasteiger partial charge in [0.1, 0.15) is 11.5 Å². The van der Waals surface area contributed by atoms with Gasteiger partial charge in [-0.05, 0) is 25.1 Å². The first-order valence-electron chi connectivity index (χ1n) is 7.79. The number of aromatic hydroxyl groups is 1. The minimum atomic E-state index is -0.223. The molecule has 0 spiro atoms. The predicted octanol–water partition coefficient (Wildman–Crippen LogP) is 4.48. The van der Waals surface area contributed by atoms with Crippen LogP contribution in [0.5, 0.6) is 5.75 Å². The Hall–Kier alpha value is -2.79. The van der Waals surface area contributed by atoms with Crippen molar-refractivity contribution in [3.63, 3.8) is 0 Å². The van der Waals surface area contributed by atoms with Crippen LogP contribution in [-0.2, 0) is 4.79 Å². The fourth-order valence-corrected chi connectivity index (χ4v) is 3.32. The Morgan fingerprint density at radius 3 is 2.32 bits per heavy atom. The van der Waals surface area contributed by atoms with Crippen LogP contribution >= 0.6 is 11.8 Å². The standard InChI is InChI=1S/C20H17NO3S/c1-13(22)12-25-18-11-17(15-9-5-6-10-16(15)19(18)23)21-20(24)14-7-3-2-4-8-14/h2-11,23H,12H2,1H3,(H,21,24). The first-order valence-corrected chi connectivity index (χ1v) is 8.78. The average molecular weight is 351 g/mol. The third kappa shape index (κ3) is 3.83. The molecule has 0 heterocycles. The van der Waals surface area contributed by atoms with Gasteiger partial charge in [-0.25, -0.2) is 0 Å². The summed E-state index contributed by atoms with van der Waals surface area (Å²) in [6.45, 7) is 1.50. The number of carbonyl (C=O) groups excluding carboxylic acids is 2. The van der Waals surface area contributed by atoms with E-state index in [1.165, 1.54) is 18.7 Å². The van der Waals surface area contributed by atoms with Crippen LogP contribution in [0, 0.1) is 0 Å². The number of phenols is 1. The van der Waals surface area contributed by atoms with Crippen molar-refractivity contribution in [2.24, 2.45) is 0 Å². The van der Waals surface area contributed by atoms with Crippen LogP contribution in [0.3, 0.4) is 0 Å². The molecule has 2 N–H and O–H groups in total. The number of benzene rings is 3. The highest BCUT2D eigenvalue weighted by Gasteiger charge is 2.14. The molecule has 0 aliphatic carbocycles. The molecule has 0 saturated carbocycles. The molecule has 25 heavy (non-hydrogen) atoms. The van der Waals surface area contributed by atoms with Crippen molar-refractivity contribution >= 4 is 39.9 Å². The van der Waals surface area contributed by atoms with Crippen LogP contribution < -0.4 is 5.32 Å². The van der Waals surface area contributed by atoms with Crippen molar-refractivity contribution in [2.45, 2.75) is 11.8 Å². The molecule has 0 fully saturated rings. The largest absolute Gasteiger partial charge is 0.506 e. The fraction of sp³-hybridized carbons (Fsp3) is 0.100. The Morgan fingerprint density at radius 2 is 1.64 bits per heavy atom. The summed E-state index contributed by atoms with van der Waals surface area (Å²) in [6.07, 6.45) is 0. The lowest BCUT2D eigenvalue weighted by atomic mass is 10.1. The highest BCUT2D eigenvalue weighted by molar-refractivity contribution is 8.00. The van der Waals surface area contributed by atoms with Gasteiger partial charge in [0.2, 0.25) is 0 Å². The predicted molar refractivity (Wildman–Crippen MR) is 101 cm³/mol. The lowest BCUT2D eigenvalue weighted by molar-refractivity contribution is -0.114. The van der Waals surface area contributed by atoms with Gasteiger partial charge in [-0.3, -0.25) is 9.59 Å². The molecule has 3 aromatic rings. The third-order valence-electron chi connectivity index (χ3n) is 3.70. The Balaban J connectivity index is 2.02. The molecule has 0 atom stereocenters. The number of fused-ring (bicyclic) bond motifs is 1. The molecule has 3 rings (SSSR count). The van der Waals surface area contributed by atoms with Crippen molar-refractivity contribution in [3.05, 3.63) is 66.2 Å². The topological polar surface area (TPSA) is 66.4 Å². The van der Waals surface area contributed by atoms with Crippen molar-refractivity contribution in [1.29, 1.82) is 0 Å². The first-order chi connectivity index (χ1) is 12.1. The second-order valence-corrected chi connectivity index (χ2v) is 6.64. The van der Waals surface area contributed by atoms with Gasteiger partial charge in [0.05, 0.1) is 16.3 Å². The molecule has 126 valence electrons. The number of ketones is 1. The van der Waals surface area contributed by atoms with E-state index in [4.69, 9.17) is 0 Å². The van der Waals surface area contributed by atoms with Crippen molar-refractivity contribution in [1.82, 2.24) is 0 Å². The van der Waals surface area contributed by atoms with E-state index in [0.29, 0.717) is 21.5 Å². The number of phenolic OH excluding ortho intramolecular Hbond substituents is 1. The minimum absolute atomic E-state index is 0.0208. The van der Waals surface area contributed by atoms with E-state index >= 15 is 0 Å². The lowest BCUT2D eigenvalue weighted by Gasteiger charge is -2.13. The summed E-state index contributed by atoms with van der Waals surface area (Å²) < 4.78 is 0. The second kappa shape index (κ2) is 7.40. The maximum Gasteiger partial charge on any atom is 0.255 e. The Bertz CT molecular complexity index is 938. The zero-order chi connectivity index (χ0) is 17.8. The molecular formula is C20H17NO3S. The van der Waals surface area contributed by atoms with Crippen molar-refractivity contribution < 1.29 is 14.7 Å². The number of amides is 1. The van der Waals surface area contributed by atoms with Gasteiger partial charge < -0.3 is 10.4 Å². The Kier molecular flexibility index (Phi) is 5.05. The van der Waals surface area contributed by atoms with E-state index in [0.717, 1.165) is 5.39 Å². The molecular weight excluding hydrogens is 334 g/mol. The highest BCUT2D eigenvalue weighted by Crippen LogP contribution is 2.39. The van der Waals surface area contributed by atoms with Crippen molar-refractivity contribution in [3.8, 4) is 5.75 Å². The van der Waals surface area contributed by atoms with E-state index in [9.17, 15) is 14.7 Å². The number of rotatable bonds is 5. The Morgan fingerprint density at radius 1 is 1.00 bits per heavy atom. The number of nitrogens with one attached hydrogen (secondary N) is 1. The number of anilines is 1. The molecule has 0 unspecified atom stereocenters. The molecule has 0 saturated heterocycles. The van der Waals surface area contributed by atoms with Gasteiger partial charge in [-0.1, -0.05) is 42.5 Å². The smallest absolute Gasteiger partial charge is 0.255 e. The first kappa shape index (κ1) is 17.0. The molecule has 0 radical (unpaired) electrons. The molecule has 5 heteroatoms. The number of hydrogen-bond donors (Lipinski definition) is 2. The monoisotopic (exact) mass is 351 g/mol. The number of carbonyl (C=O) groups is 2. The molecule has 1 amide bonds. The summed E-state index contributed by atoms with van der Waals surface area (Å²) in [7, 11) is 0. The minimum Gasteiger partial charge on any atom is -0.506 e. The van der Waals surface area contributed by atoms with Gasteiger partial charge in [0.15, 0.2) is 0 Å². The zero-order valence-corrected chi connectivity index (χ0v) is 14.5. The average Bonchev–Trinajstić information content (AvgIpc) is 2.63. The fourth-order valence-electron chi connectivity index (χ4n) is 2.51. The van der Waals surface area contributed by atoms with Crippen LogP contribution in [0.1, 0.15) is 17.3 Å². The highest BCUT2D eigenvalue weighted by atomic mass is 32.2. The molecule has 0 aliphatic rings. The van der Waals surface area contributed by atoms with Gasteiger partial charge in [-0.2, -0.15) is 0 Å². The summed E-state index contributed by atoms with van der Waals surface area (Å²) >= 11 is 1.26. The zero-order valence-electron chi connectivity index (χ0n) is 13.7. The number of Topliss-reactive ketones (excluding diaryl/α,β-unsaturated/α-hetero) is 1. The van der Waals surface area contributed by atoms with Gasteiger partial charge in [0, 0.05) is 16.3 Å². The summed E-state index contributed by atoms with van der Waals surface area (Å²) in [5, 5.41) is 14.8. The molecule has 4 nitrogen and oxygen atoms in total. The third-order valence-corrected chi connectivity index (χ3v) is 4.87. The van der Waals surface area contributed by atoms with E-state index in [1.54, 1.807) is 36.4 Å². The second-order valence-electron chi connectivity index (χ2n) is 5.63. The summed E-state index contributed by atoms with van der Waals surface area (Å²) in [5.74, 6) is 0.184. The van der Waals surface area contributed by atoms with Crippen LogP contribution in [0.4, 0.5) is 5.69 Å². The molecule has 0 aromatic heterocycles. The molecule has 0 aliphatic heterocycles. The van der Waals surface area contributed by atoms with Crippen molar-refractivity contribution in [2.75, 3.05) is 11.1 Å². The van der Waals surface area contributed by atoms with Crippen LogP contribution in [0.25, 0.3) is 10.8 Å². The van der Waals surface area contributed by atoms with Crippen LogP contribution in [-0.4, -0.2) is 22.5 Å². The van der Waals surface area contributed by atoms with Gasteiger partial charge in [0.25, 0.3) is 5.91 Å². The van der Waals surface area contributed by atoms with Crippen LogP contribution in [0.2, 0.25) is 0 Å². The SMILES string of the molecule is CC(=O)CSc1cc(NC(=O)c2ccccc2)c2ccccc2c1O. The maximum absolute atomic E-state index is 12.5.